The van der Waals surface area contributed by atoms with Gasteiger partial charge in [-0.2, -0.15) is 0 Å². The summed E-state index contributed by atoms with van der Waals surface area (Å²) in [6, 6.07) is 14.2. The van der Waals surface area contributed by atoms with Gasteiger partial charge in [0.05, 0.1) is 6.04 Å². The monoisotopic (exact) mass is 403 g/mol. The van der Waals surface area contributed by atoms with Crippen molar-refractivity contribution in [2.24, 2.45) is 0 Å². The van der Waals surface area contributed by atoms with E-state index in [0.717, 1.165) is 5.56 Å². The quantitative estimate of drug-likeness (QED) is 0.618. The molecule has 7 nitrogen and oxygen atoms in total. The lowest BCUT2D eigenvalue weighted by Gasteiger charge is -2.16. The molecule has 3 amide bonds. The van der Waals surface area contributed by atoms with Crippen LogP contribution in [0.1, 0.15) is 25.5 Å². The van der Waals surface area contributed by atoms with Crippen LogP contribution in [0.5, 0.6) is 0 Å². The van der Waals surface area contributed by atoms with Crippen LogP contribution in [0.2, 0.25) is 5.02 Å². The van der Waals surface area contributed by atoms with Crippen LogP contribution >= 0.6 is 11.6 Å². The Kier molecular flexibility index (Phi) is 7.83. The van der Waals surface area contributed by atoms with Crippen molar-refractivity contribution in [1.82, 2.24) is 10.6 Å². The first-order valence-electron chi connectivity index (χ1n) is 8.69. The number of urea groups is 1. The van der Waals surface area contributed by atoms with Gasteiger partial charge < -0.3 is 20.7 Å². The zero-order chi connectivity index (χ0) is 20.5. The van der Waals surface area contributed by atoms with Gasteiger partial charge in [-0.25, -0.2) is 9.59 Å². The molecule has 0 spiro atoms. The van der Waals surface area contributed by atoms with Gasteiger partial charge in [-0.1, -0.05) is 41.9 Å². The second kappa shape index (κ2) is 10.3. The van der Waals surface area contributed by atoms with Crippen molar-refractivity contribution in [3.63, 3.8) is 0 Å². The molecule has 0 saturated carbocycles. The largest absolute Gasteiger partial charge is 0.454 e. The summed E-state index contributed by atoms with van der Waals surface area (Å²) in [6.45, 7) is 2.82. The van der Waals surface area contributed by atoms with E-state index in [1.165, 1.54) is 6.92 Å². The molecule has 28 heavy (non-hydrogen) atoms. The fourth-order valence-electron chi connectivity index (χ4n) is 2.35. The summed E-state index contributed by atoms with van der Waals surface area (Å²) in [5.74, 6) is -1.17. The Balaban J connectivity index is 1.74. The smallest absolute Gasteiger partial charge is 0.328 e. The zero-order valence-electron chi connectivity index (χ0n) is 15.6. The maximum atomic E-state index is 12.0. The highest BCUT2D eigenvalue weighted by Gasteiger charge is 2.19. The minimum Gasteiger partial charge on any atom is -0.454 e. The SMILES string of the molecule is C[C@H](NC(=O)Nc1ccccc1)C(=O)OCC(=O)N[C@@H](C)c1cccc(Cl)c1. The number of anilines is 1. The van der Waals surface area contributed by atoms with E-state index in [1.54, 1.807) is 49.4 Å². The summed E-state index contributed by atoms with van der Waals surface area (Å²) in [5, 5.41) is 8.33. The lowest BCUT2D eigenvalue weighted by molar-refractivity contribution is -0.150. The standard InChI is InChI=1S/C20H22ClN3O4/c1-13(15-7-6-8-16(21)11-15)22-18(25)12-28-19(26)14(2)23-20(27)24-17-9-4-3-5-10-17/h3-11,13-14H,12H2,1-2H3,(H,22,25)(H2,23,24,27)/t13-,14-/m0/s1. The lowest BCUT2D eigenvalue weighted by atomic mass is 10.1. The molecule has 2 atom stereocenters. The van der Waals surface area contributed by atoms with E-state index in [4.69, 9.17) is 16.3 Å². The van der Waals surface area contributed by atoms with Crippen LogP contribution in [0.25, 0.3) is 0 Å². The molecule has 8 heteroatoms. The maximum Gasteiger partial charge on any atom is 0.328 e. The molecule has 0 saturated heterocycles. The number of nitrogens with one attached hydrogen (secondary N) is 3. The molecule has 0 radical (unpaired) electrons. The fourth-order valence-corrected chi connectivity index (χ4v) is 2.55. The summed E-state index contributed by atoms with van der Waals surface area (Å²) in [5.41, 5.74) is 1.43. The normalized spacial score (nSPS) is 12.4. The Morgan fingerprint density at radius 2 is 1.71 bits per heavy atom. The summed E-state index contributed by atoms with van der Waals surface area (Å²) < 4.78 is 4.96. The Morgan fingerprint density at radius 1 is 1.00 bits per heavy atom. The van der Waals surface area contributed by atoms with Gasteiger partial charge in [0.25, 0.3) is 5.91 Å². The van der Waals surface area contributed by atoms with Crippen LogP contribution in [0.4, 0.5) is 10.5 Å². The van der Waals surface area contributed by atoms with Crippen LogP contribution in [0, 0.1) is 0 Å². The van der Waals surface area contributed by atoms with Gasteiger partial charge in [-0.3, -0.25) is 4.79 Å². The molecule has 0 bridgehead atoms. The topological polar surface area (TPSA) is 96.5 Å². The highest BCUT2D eigenvalue weighted by Crippen LogP contribution is 2.17. The van der Waals surface area contributed by atoms with Crippen LogP contribution < -0.4 is 16.0 Å². The molecule has 2 aromatic rings. The molecule has 148 valence electrons. The van der Waals surface area contributed by atoms with Crippen LogP contribution in [0.15, 0.2) is 54.6 Å². The van der Waals surface area contributed by atoms with Crippen LogP contribution in [-0.4, -0.2) is 30.6 Å². The van der Waals surface area contributed by atoms with Crippen LogP contribution in [-0.2, 0) is 14.3 Å². The molecule has 0 aliphatic carbocycles. The van der Waals surface area contributed by atoms with Crippen molar-refractivity contribution in [1.29, 1.82) is 0 Å². The summed E-state index contributed by atoms with van der Waals surface area (Å²) in [4.78, 5) is 35.8. The number of esters is 1. The molecular formula is C20H22ClN3O4. The summed E-state index contributed by atoms with van der Waals surface area (Å²) >= 11 is 5.93. The molecule has 2 rings (SSSR count). The second-order valence-corrected chi connectivity index (χ2v) is 6.57. The van der Waals surface area contributed by atoms with E-state index in [1.807, 2.05) is 12.1 Å². The van der Waals surface area contributed by atoms with Crippen molar-refractivity contribution >= 4 is 35.2 Å². The van der Waals surface area contributed by atoms with Crippen molar-refractivity contribution in [2.75, 3.05) is 11.9 Å². The number of benzene rings is 2. The fraction of sp³-hybridized carbons (Fsp3) is 0.250. The van der Waals surface area contributed by atoms with Crippen molar-refractivity contribution in [2.45, 2.75) is 25.9 Å². The third kappa shape index (κ3) is 6.92. The molecule has 0 heterocycles. The van der Waals surface area contributed by atoms with Gasteiger partial charge in [0.1, 0.15) is 6.04 Å². The number of halogens is 1. The number of carbonyl (C=O) groups is 3. The lowest BCUT2D eigenvalue weighted by Crippen LogP contribution is -2.43. The van der Waals surface area contributed by atoms with Crippen molar-refractivity contribution < 1.29 is 19.1 Å². The minimum atomic E-state index is -0.915. The molecule has 2 aromatic carbocycles. The Bertz CT molecular complexity index is 829. The van der Waals surface area contributed by atoms with Gasteiger partial charge in [0.15, 0.2) is 6.61 Å². The predicted octanol–water partition coefficient (Wildman–Crippen LogP) is 3.27. The van der Waals surface area contributed by atoms with Crippen LogP contribution in [0.3, 0.4) is 0 Å². The van der Waals surface area contributed by atoms with E-state index in [0.29, 0.717) is 10.7 Å². The highest BCUT2D eigenvalue weighted by molar-refractivity contribution is 6.30. The van der Waals surface area contributed by atoms with E-state index >= 15 is 0 Å². The van der Waals surface area contributed by atoms with Gasteiger partial charge in [-0.05, 0) is 43.7 Å². The highest BCUT2D eigenvalue weighted by atomic mass is 35.5. The third-order valence-corrected chi connectivity index (χ3v) is 4.04. The molecule has 0 unspecified atom stereocenters. The molecule has 0 fully saturated rings. The van der Waals surface area contributed by atoms with E-state index in [-0.39, 0.29) is 6.04 Å². The van der Waals surface area contributed by atoms with Gasteiger partial charge in [0.2, 0.25) is 0 Å². The minimum absolute atomic E-state index is 0.294. The summed E-state index contributed by atoms with van der Waals surface area (Å²) in [7, 11) is 0. The number of para-hydroxylation sites is 1. The molecular weight excluding hydrogens is 382 g/mol. The maximum absolute atomic E-state index is 12.0. The number of hydrogen-bond acceptors (Lipinski definition) is 4. The third-order valence-electron chi connectivity index (χ3n) is 3.80. The van der Waals surface area contributed by atoms with Crippen molar-refractivity contribution in [3.05, 3.63) is 65.2 Å². The molecule has 3 N–H and O–H groups in total. The number of ether oxygens (including phenoxy) is 1. The molecule has 0 aliphatic heterocycles. The number of carbonyl (C=O) groups excluding carboxylic acids is 3. The summed E-state index contributed by atoms with van der Waals surface area (Å²) in [6.07, 6.45) is 0. The van der Waals surface area contributed by atoms with Crippen molar-refractivity contribution in [3.8, 4) is 0 Å². The first kappa shape index (κ1) is 21.2. The van der Waals surface area contributed by atoms with Gasteiger partial charge >= 0.3 is 12.0 Å². The number of amides is 3. The first-order valence-corrected chi connectivity index (χ1v) is 9.07. The number of hydrogen-bond donors (Lipinski definition) is 3. The molecule has 0 aliphatic rings. The second-order valence-electron chi connectivity index (χ2n) is 6.14. The molecule has 0 aromatic heterocycles. The zero-order valence-corrected chi connectivity index (χ0v) is 16.3. The average molecular weight is 404 g/mol. The van der Waals surface area contributed by atoms with Gasteiger partial charge in [0, 0.05) is 10.7 Å². The van der Waals surface area contributed by atoms with E-state index in [9.17, 15) is 14.4 Å². The Hall–Kier alpha value is -3.06. The number of rotatable bonds is 7. The van der Waals surface area contributed by atoms with Gasteiger partial charge in [-0.15, -0.1) is 0 Å². The predicted molar refractivity (Wildman–Crippen MR) is 107 cm³/mol. The van der Waals surface area contributed by atoms with E-state index in [2.05, 4.69) is 16.0 Å². The Morgan fingerprint density at radius 3 is 2.39 bits per heavy atom. The average Bonchev–Trinajstić information content (AvgIpc) is 2.66. The van der Waals surface area contributed by atoms with E-state index < -0.39 is 30.6 Å². The first-order chi connectivity index (χ1) is 13.3. The Labute approximate surface area is 168 Å².